The highest BCUT2D eigenvalue weighted by atomic mass is 16.5. The van der Waals surface area contributed by atoms with Gasteiger partial charge in [0.2, 0.25) is 0 Å². The van der Waals surface area contributed by atoms with E-state index >= 15 is 0 Å². The first-order valence-corrected chi connectivity index (χ1v) is 11.7. The van der Waals surface area contributed by atoms with Crippen molar-refractivity contribution in [2.24, 2.45) is 0 Å². The van der Waals surface area contributed by atoms with Gasteiger partial charge in [0.25, 0.3) is 17.7 Å². The number of fused-ring (bicyclic) bond motifs is 1. The summed E-state index contributed by atoms with van der Waals surface area (Å²) in [5.74, 6) is -1.96. The number of rotatable bonds is 6. The van der Waals surface area contributed by atoms with Crippen molar-refractivity contribution in [1.29, 1.82) is 0 Å². The zero-order chi connectivity index (χ0) is 26.1. The van der Waals surface area contributed by atoms with Gasteiger partial charge in [0, 0.05) is 5.69 Å². The Morgan fingerprint density at radius 2 is 1.61 bits per heavy atom. The normalized spacial score (nSPS) is 12.7. The molecule has 0 radical (unpaired) electrons. The fraction of sp³-hybridized carbons (Fsp3) is 0.241. The summed E-state index contributed by atoms with van der Waals surface area (Å²) >= 11 is 0. The number of benzene rings is 3. The number of esters is 1. The number of nitrogens with one attached hydrogen (secondary N) is 1. The van der Waals surface area contributed by atoms with E-state index in [9.17, 15) is 19.2 Å². The molecule has 7 nitrogen and oxygen atoms in total. The van der Waals surface area contributed by atoms with Crippen LogP contribution in [-0.4, -0.2) is 30.3 Å². The van der Waals surface area contributed by atoms with Gasteiger partial charge in [0.15, 0.2) is 6.61 Å². The average molecular weight is 485 g/mol. The second kappa shape index (κ2) is 9.77. The number of hydrogen-bond acceptors (Lipinski definition) is 5. The molecule has 1 aliphatic rings. The fourth-order valence-corrected chi connectivity index (χ4v) is 4.28. The lowest BCUT2D eigenvalue weighted by Gasteiger charge is -2.17. The van der Waals surface area contributed by atoms with Crippen molar-refractivity contribution in [2.75, 3.05) is 16.8 Å². The largest absolute Gasteiger partial charge is 0.452 e. The lowest BCUT2D eigenvalue weighted by atomic mass is 9.98. The highest BCUT2D eigenvalue weighted by Crippen LogP contribution is 2.32. The van der Waals surface area contributed by atoms with Gasteiger partial charge in [-0.3, -0.25) is 14.4 Å². The van der Waals surface area contributed by atoms with Crippen LogP contribution in [0.5, 0.6) is 0 Å². The number of anilines is 2. The third-order valence-electron chi connectivity index (χ3n) is 6.25. The van der Waals surface area contributed by atoms with E-state index in [0.717, 1.165) is 27.2 Å². The number of aryl methyl sites for hydroxylation is 3. The molecule has 0 saturated carbocycles. The van der Waals surface area contributed by atoms with E-state index in [0.29, 0.717) is 11.4 Å². The van der Waals surface area contributed by atoms with Crippen molar-refractivity contribution in [2.45, 2.75) is 40.5 Å². The monoisotopic (exact) mass is 484 g/mol. The Kier molecular flexibility index (Phi) is 6.75. The molecule has 3 amide bonds. The molecule has 36 heavy (non-hydrogen) atoms. The smallest absolute Gasteiger partial charge is 0.338 e. The molecule has 4 rings (SSSR count). The number of hydrogen-bond donors (Lipinski definition) is 1. The number of amides is 3. The second-order valence-electron chi connectivity index (χ2n) is 9.31. The Morgan fingerprint density at radius 1 is 0.889 bits per heavy atom. The molecule has 0 aromatic heterocycles. The molecule has 0 bridgehead atoms. The van der Waals surface area contributed by atoms with E-state index < -0.39 is 30.3 Å². The quantitative estimate of drug-likeness (QED) is 0.377. The van der Waals surface area contributed by atoms with Gasteiger partial charge in [-0.25, -0.2) is 9.69 Å². The first-order chi connectivity index (χ1) is 17.1. The fourth-order valence-electron chi connectivity index (χ4n) is 4.28. The lowest BCUT2D eigenvalue weighted by Crippen LogP contribution is -2.30. The third-order valence-corrected chi connectivity index (χ3v) is 6.25. The minimum atomic E-state index is -0.757. The lowest BCUT2D eigenvalue weighted by molar-refractivity contribution is -0.119. The molecule has 7 heteroatoms. The van der Waals surface area contributed by atoms with Crippen LogP contribution in [0.25, 0.3) is 0 Å². The zero-order valence-corrected chi connectivity index (χ0v) is 21.0. The molecule has 1 N–H and O–H groups in total. The minimum Gasteiger partial charge on any atom is -0.452 e. The molecule has 0 aliphatic carbocycles. The molecule has 3 aromatic carbocycles. The first kappa shape index (κ1) is 24.9. The zero-order valence-electron chi connectivity index (χ0n) is 21.0. The van der Waals surface area contributed by atoms with Gasteiger partial charge >= 0.3 is 5.97 Å². The molecule has 184 valence electrons. The number of imide groups is 1. The molecule has 1 aliphatic heterocycles. The summed E-state index contributed by atoms with van der Waals surface area (Å²) in [6, 6.07) is 15.5. The van der Waals surface area contributed by atoms with Crippen LogP contribution in [0.2, 0.25) is 0 Å². The van der Waals surface area contributed by atoms with Gasteiger partial charge in [-0.15, -0.1) is 0 Å². The Labute approximate surface area is 210 Å². The highest BCUT2D eigenvalue weighted by molar-refractivity contribution is 6.35. The maximum atomic E-state index is 13.1. The molecule has 1 heterocycles. The summed E-state index contributed by atoms with van der Waals surface area (Å²) < 4.78 is 5.21. The summed E-state index contributed by atoms with van der Waals surface area (Å²) in [4.78, 5) is 52.4. The van der Waals surface area contributed by atoms with Crippen molar-refractivity contribution < 1.29 is 23.9 Å². The van der Waals surface area contributed by atoms with Crippen molar-refractivity contribution in [3.05, 3.63) is 93.5 Å². The Hall–Kier alpha value is -4.26. The van der Waals surface area contributed by atoms with E-state index in [2.05, 4.69) is 5.32 Å². The molecule has 0 atom stereocenters. The average Bonchev–Trinajstić information content (AvgIpc) is 3.09. The van der Waals surface area contributed by atoms with E-state index in [1.165, 1.54) is 18.2 Å². The van der Waals surface area contributed by atoms with E-state index in [-0.39, 0.29) is 22.6 Å². The maximum Gasteiger partial charge on any atom is 0.338 e. The summed E-state index contributed by atoms with van der Waals surface area (Å²) in [5.41, 5.74) is 5.26. The Balaban J connectivity index is 1.48. The van der Waals surface area contributed by atoms with Gasteiger partial charge in [0.05, 0.1) is 22.4 Å². The van der Waals surface area contributed by atoms with Crippen LogP contribution in [0.15, 0.2) is 54.6 Å². The third kappa shape index (κ3) is 4.64. The molecule has 0 fully saturated rings. The summed E-state index contributed by atoms with van der Waals surface area (Å²) in [6.45, 7) is 9.19. The molecule has 3 aromatic rings. The van der Waals surface area contributed by atoms with Crippen molar-refractivity contribution in [3.63, 3.8) is 0 Å². The second-order valence-corrected chi connectivity index (χ2v) is 9.31. The predicted molar refractivity (Wildman–Crippen MR) is 138 cm³/mol. The van der Waals surface area contributed by atoms with Crippen LogP contribution in [0.3, 0.4) is 0 Å². The highest BCUT2D eigenvalue weighted by Gasteiger charge is 2.38. The van der Waals surface area contributed by atoms with Crippen LogP contribution in [0.1, 0.15) is 73.1 Å². The van der Waals surface area contributed by atoms with E-state index in [1.54, 1.807) is 6.07 Å². The molecule has 0 unspecified atom stereocenters. The van der Waals surface area contributed by atoms with E-state index in [4.69, 9.17) is 4.74 Å². The number of para-hydroxylation sites is 1. The standard InChI is InChI=1S/C29H28N2O5/c1-16(2)21-8-6-7-19(5)26(21)30-25(32)15-36-29(35)20-11-12-22-23(14-20)28(34)31(27(22)33)24-13-17(3)9-10-18(24)4/h6-14,16H,15H2,1-5H3,(H,30,32). The molecular formula is C29H28N2O5. The topological polar surface area (TPSA) is 92.8 Å². The summed E-state index contributed by atoms with van der Waals surface area (Å²) in [7, 11) is 0. The van der Waals surface area contributed by atoms with Gasteiger partial charge in [-0.05, 0) is 73.2 Å². The molecular weight excluding hydrogens is 456 g/mol. The summed E-state index contributed by atoms with van der Waals surface area (Å²) in [5, 5.41) is 2.83. The summed E-state index contributed by atoms with van der Waals surface area (Å²) in [6.07, 6.45) is 0. The van der Waals surface area contributed by atoms with Crippen molar-refractivity contribution in [3.8, 4) is 0 Å². The predicted octanol–water partition coefficient (Wildman–Crippen LogP) is 5.33. The molecule has 0 spiro atoms. The Bertz CT molecular complexity index is 1410. The maximum absolute atomic E-state index is 13.1. The van der Waals surface area contributed by atoms with Crippen molar-refractivity contribution >= 4 is 35.1 Å². The van der Waals surface area contributed by atoms with Gasteiger partial charge < -0.3 is 10.1 Å². The van der Waals surface area contributed by atoms with Crippen LogP contribution in [-0.2, 0) is 9.53 Å². The van der Waals surface area contributed by atoms with Crippen LogP contribution >= 0.6 is 0 Å². The van der Waals surface area contributed by atoms with Crippen molar-refractivity contribution in [1.82, 2.24) is 0 Å². The van der Waals surface area contributed by atoms with Crippen LogP contribution < -0.4 is 10.2 Å². The van der Waals surface area contributed by atoms with Gasteiger partial charge in [-0.1, -0.05) is 44.2 Å². The molecule has 0 saturated heterocycles. The Morgan fingerprint density at radius 3 is 2.33 bits per heavy atom. The SMILES string of the molecule is Cc1ccc(C)c(N2C(=O)c3ccc(C(=O)OCC(=O)Nc4c(C)cccc4C(C)C)cc3C2=O)c1. The minimum absolute atomic E-state index is 0.0873. The first-order valence-electron chi connectivity index (χ1n) is 11.7. The number of carbonyl (C=O) groups is 4. The van der Waals surface area contributed by atoms with Crippen LogP contribution in [0, 0.1) is 20.8 Å². The number of nitrogens with zero attached hydrogens (tertiary/aromatic N) is 1. The van der Waals surface area contributed by atoms with Gasteiger partial charge in [0.1, 0.15) is 0 Å². The van der Waals surface area contributed by atoms with E-state index in [1.807, 2.05) is 65.0 Å². The van der Waals surface area contributed by atoms with Gasteiger partial charge in [-0.2, -0.15) is 0 Å². The number of carbonyl (C=O) groups excluding carboxylic acids is 4. The number of ether oxygens (including phenoxy) is 1. The van der Waals surface area contributed by atoms with Crippen LogP contribution in [0.4, 0.5) is 11.4 Å².